The van der Waals surface area contributed by atoms with Crippen molar-refractivity contribution < 1.29 is 18.3 Å². The van der Waals surface area contributed by atoms with E-state index in [0.717, 1.165) is 123 Å². The van der Waals surface area contributed by atoms with Crippen LogP contribution in [0, 0.1) is 103 Å². The third-order valence-electron chi connectivity index (χ3n) is 34.9. The number of benzene rings is 11. The number of rotatable bonds is 16. The third kappa shape index (κ3) is 27.6. The molecule has 0 heterocycles. The summed E-state index contributed by atoms with van der Waals surface area (Å²) in [7, 11) is 0. The molecule has 9 fully saturated rings. The smallest absolute Gasteiger partial charge is 0.314 e. The van der Waals surface area contributed by atoms with E-state index in [4.69, 9.17) is 4.74 Å². The molecule has 135 heavy (non-hydrogen) atoms. The van der Waals surface area contributed by atoms with E-state index in [0.29, 0.717) is 29.2 Å². The zero-order valence-corrected chi connectivity index (χ0v) is 84.2. The fourth-order valence-corrected chi connectivity index (χ4v) is 25.0. The van der Waals surface area contributed by atoms with Crippen LogP contribution in [-0.2, 0) is 4.79 Å². The van der Waals surface area contributed by atoms with Crippen LogP contribution in [0.2, 0.25) is 0 Å². The van der Waals surface area contributed by atoms with Crippen LogP contribution >= 0.6 is 0 Å². The summed E-state index contributed by atoms with van der Waals surface area (Å²) in [5.74, 6) is 14.9. The second-order valence-corrected chi connectivity index (χ2v) is 45.1. The molecule has 0 radical (unpaired) electrons. The summed E-state index contributed by atoms with van der Waals surface area (Å²) in [5, 5.41) is 0. The molecule has 0 unspecified atom stereocenters. The van der Waals surface area contributed by atoms with E-state index in [2.05, 4.69) is 250 Å². The van der Waals surface area contributed by atoms with Gasteiger partial charge in [0, 0.05) is 11.1 Å². The number of hydrogen-bond acceptors (Lipinski definition) is 2. The van der Waals surface area contributed by atoms with Gasteiger partial charge >= 0.3 is 5.97 Å². The summed E-state index contributed by atoms with van der Waals surface area (Å²) in [4.78, 5) is 12.7. The van der Waals surface area contributed by atoms with Gasteiger partial charge in [-0.1, -0.05) is 386 Å². The first-order valence-corrected chi connectivity index (χ1v) is 54.3. The van der Waals surface area contributed by atoms with Crippen LogP contribution in [0.3, 0.4) is 0 Å². The van der Waals surface area contributed by atoms with Gasteiger partial charge in [0.05, 0.1) is 5.92 Å². The van der Waals surface area contributed by atoms with Crippen LogP contribution in [-0.4, -0.2) is 5.97 Å². The van der Waals surface area contributed by atoms with Crippen LogP contribution in [0.15, 0.2) is 255 Å². The molecule has 9 aliphatic carbocycles. The molecule has 4 heteroatoms. The number of carbonyl (C=O) groups is 1. The molecule has 0 amide bonds. The minimum Gasteiger partial charge on any atom is -0.426 e. The van der Waals surface area contributed by atoms with Crippen molar-refractivity contribution in [3.8, 4) is 72.5 Å². The molecule has 9 aliphatic rings. The molecule has 0 spiro atoms. The maximum Gasteiger partial charge on any atom is 0.314 e. The Morgan fingerprint density at radius 2 is 0.400 bits per heavy atom. The highest BCUT2D eigenvalue weighted by Gasteiger charge is 2.35. The Morgan fingerprint density at radius 3 is 0.689 bits per heavy atom. The van der Waals surface area contributed by atoms with Crippen molar-refractivity contribution in [2.24, 2.45) is 71.0 Å². The minimum atomic E-state index is -0.165. The molecule has 11 aromatic rings. The molecular formula is C131H162F2O2. The van der Waals surface area contributed by atoms with Crippen LogP contribution in [0.4, 0.5) is 8.78 Å². The van der Waals surface area contributed by atoms with Gasteiger partial charge in [0.1, 0.15) is 17.4 Å². The van der Waals surface area contributed by atoms with E-state index in [9.17, 15) is 13.6 Å². The number of esters is 1. The quantitative estimate of drug-likeness (QED) is 0.0712. The third-order valence-corrected chi connectivity index (χ3v) is 34.9. The highest BCUT2D eigenvalue weighted by Crippen LogP contribution is 2.48. The van der Waals surface area contributed by atoms with Gasteiger partial charge in [0.2, 0.25) is 0 Å². The molecule has 11 aromatic carbocycles. The molecular weight excluding hydrogens is 1640 g/mol. The summed E-state index contributed by atoms with van der Waals surface area (Å²) in [6.07, 6.45) is 48.0. The van der Waals surface area contributed by atoms with E-state index in [-0.39, 0.29) is 23.5 Å². The Morgan fingerprint density at radius 1 is 0.207 bits per heavy atom. The second-order valence-electron chi connectivity index (χ2n) is 45.1. The fraction of sp³-hybridized carbons (Fsp3) is 0.489. The number of hydrogen-bond donors (Lipinski definition) is 0. The van der Waals surface area contributed by atoms with Crippen molar-refractivity contribution in [2.45, 2.75) is 336 Å². The predicted molar refractivity (Wildman–Crippen MR) is 569 cm³/mol. The van der Waals surface area contributed by atoms with E-state index in [1.165, 1.54) is 296 Å². The number of ether oxygens (including phenoxy) is 1. The summed E-state index contributed by atoms with van der Waals surface area (Å²) < 4.78 is 35.4. The van der Waals surface area contributed by atoms with Crippen molar-refractivity contribution in [3.05, 3.63) is 316 Å². The zero-order chi connectivity index (χ0) is 93.7. The molecule has 0 bridgehead atoms. The summed E-state index contributed by atoms with van der Waals surface area (Å²) in [5.41, 5.74) is 25.6. The van der Waals surface area contributed by atoms with Gasteiger partial charge in [-0.25, -0.2) is 8.78 Å². The van der Waals surface area contributed by atoms with Crippen molar-refractivity contribution in [3.63, 3.8) is 0 Å². The average Bonchev–Trinajstić information content (AvgIpc) is 0.812. The molecule has 712 valence electrons. The van der Waals surface area contributed by atoms with Crippen molar-refractivity contribution in [1.82, 2.24) is 0 Å². The Kier molecular flexibility index (Phi) is 35.4. The number of carbonyl (C=O) groups excluding carboxylic acids is 1. The molecule has 20 rings (SSSR count). The first kappa shape index (κ1) is 98.8. The van der Waals surface area contributed by atoms with E-state index in [1.54, 1.807) is 17.7 Å². The Bertz CT molecular complexity index is 5380. The standard InChI is InChI=1S/C27H40O2.C26H27F.C26H33F.C26H34.C26H28/c1-19-3-7-21(8-4-19)23-11-13-25(14-12-23)27(28)29-26-17-15-24(16-18-26)22-9-5-20(2)6-10-22;1-18-3-7-20(8-4-18)21-11-13-22(14-12-21)24-15-16-25(26(27)17-24)23-9-5-19(2)6-10-23;1-18-3-7-20(8-4-18)21-11-13-23(14-12-21)25-16-15-24(17-26(25)27)22-9-5-19(2)6-10-22;2*1-19-3-7-21(8-4-19)23-11-15-25(16-12-23)26-17-13-24(14-18-26)22-9-5-20(2)6-10-22/h15-23,25H,3-14H2,1-2H3;5-6,9-18,20H,3-4,7-8H2,1-2H3;11-20,22H,3-10H2,1-2H3;3-4,7-8,11-12,15-16,20,22,24,26H,5-6,9-10,13-14,17-18H2,1-2H3;3-4,7-8,11-18,20,22H,5-6,9-10H2,1-2H3. The van der Waals surface area contributed by atoms with Crippen LogP contribution < -0.4 is 4.74 Å². The maximum absolute atomic E-state index is 14.9. The molecule has 9 saturated carbocycles. The van der Waals surface area contributed by atoms with Gasteiger partial charge in [-0.3, -0.25) is 4.79 Å². The Hall–Kier alpha value is -9.25. The SMILES string of the molecule is CC1CCC(c2ccc(-c3ccc(C4CCC(C)CC4)cc3F)cc2)CC1.CC1CCC(c2ccc(OC(=O)C3CCC(C4CCC(C)CC4)CC3)cc2)CC1.Cc1ccc(-c2ccc(-c3ccc(C4CCC(C)CC4)cc3)cc2)cc1.Cc1ccc(-c2ccc(-c3ccc(C4CCC(C)CC4)cc3)cc2F)cc1.Cc1ccc(-c2ccc(C3CCC(C4CCC(C)CC4)CC3)cc2)cc1. The molecule has 0 aromatic heterocycles. The maximum atomic E-state index is 14.9. The predicted octanol–water partition coefficient (Wildman–Crippen LogP) is 38.7. The van der Waals surface area contributed by atoms with E-state index in [1.807, 2.05) is 61.5 Å². The van der Waals surface area contributed by atoms with Gasteiger partial charge < -0.3 is 4.74 Å². The molecule has 0 N–H and O–H groups in total. The van der Waals surface area contributed by atoms with Gasteiger partial charge in [-0.2, -0.15) is 0 Å². The molecule has 0 aliphatic heterocycles. The Labute approximate surface area is 814 Å². The lowest BCUT2D eigenvalue weighted by atomic mass is 9.68. The van der Waals surface area contributed by atoms with Crippen LogP contribution in [0.5, 0.6) is 5.75 Å². The fourth-order valence-electron chi connectivity index (χ4n) is 25.0. The Balaban J connectivity index is 0.000000123. The minimum absolute atomic E-state index is 0.0000393. The van der Waals surface area contributed by atoms with Gasteiger partial charge in [0.15, 0.2) is 0 Å². The lowest BCUT2D eigenvalue weighted by Gasteiger charge is -2.37. The highest BCUT2D eigenvalue weighted by atomic mass is 19.1. The number of halogens is 2. The summed E-state index contributed by atoms with van der Waals surface area (Å²) >= 11 is 0. The number of aryl methyl sites for hydroxylation is 3. The largest absolute Gasteiger partial charge is 0.426 e. The van der Waals surface area contributed by atoms with Gasteiger partial charge in [-0.15, -0.1) is 0 Å². The molecule has 0 atom stereocenters. The topological polar surface area (TPSA) is 26.3 Å². The zero-order valence-electron chi connectivity index (χ0n) is 84.2. The van der Waals surface area contributed by atoms with E-state index < -0.39 is 0 Å². The van der Waals surface area contributed by atoms with Crippen LogP contribution in [0.1, 0.15) is 365 Å². The normalized spacial score (nSPS) is 27.0. The highest BCUT2D eigenvalue weighted by molar-refractivity contribution is 5.76. The molecule has 2 nitrogen and oxygen atoms in total. The summed E-state index contributed by atoms with van der Waals surface area (Å²) in [6, 6.07) is 90.7. The van der Waals surface area contributed by atoms with Gasteiger partial charge in [-0.05, 0) is 376 Å². The first-order valence-electron chi connectivity index (χ1n) is 54.3. The first-order chi connectivity index (χ1) is 65.6. The van der Waals surface area contributed by atoms with Crippen molar-refractivity contribution in [1.29, 1.82) is 0 Å². The van der Waals surface area contributed by atoms with Gasteiger partial charge in [0.25, 0.3) is 0 Å². The lowest BCUT2D eigenvalue weighted by Crippen LogP contribution is -2.29. The van der Waals surface area contributed by atoms with Crippen LogP contribution in [0.25, 0.3) is 66.8 Å². The summed E-state index contributed by atoms with van der Waals surface area (Å²) in [6.45, 7) is 23.0. The monoisotopic (exact) mass is 1810 g/mol. The lowest BCUT2D eigenvalue weighted by molar-refractivity contribution is -0.140. The second kappa shape index (κ2) is 48.4. The van der Waals surface area contributed by atoms with Crippen molar-refractivity contribution >= 4 is 5.97 Å². The van der Waals surface area contributed by atoms with Crippen molar-refractivity contribution in [2.75, 3.05) is 0 Å². The molecule has 0 saturated heterocycles. The van der Waals surface area contributed by atoms with E-state index >= 15 is 0 Å². The average molecular weight is 1810 g/mol.